The fourth-order valence-electron chi connectivity index (χ4n) is 1.81. The average Bonchev–Trinajstić information content (AvgIpc) is 2.58. The zero-order chi connectivity index (χ0) is 14.2. The van der Waals surface area contributed by atoms with Crippen molar-refractivity contribution in [3.8, 4) is 22.5 Å². The zero-order valence-electron chi connectivity index (χ0n) is 10.4. The minimum Gasteiger partial charge on any atom is -0.295 e. The molecule has 0 fully saturated rings. The topological polar surface area (TPSA) is 25.8 Å². The molecule has 20 heavy (non-hydrogen) atoms. The van der Waals surface area contributed by atoms with E-state index in [1.807, 2.05) is 54.6 Å². The summed E-state index contributed by atoms with van der Waals surface area (Å²) in [7, 11) is 0. The number of nitrogens with zero attached hydrogens (tertiary/aromatic N) is 2. The van der Waals surface area contributed by atoms with Crippen LogP contribution < -0.4 is 0 Å². The molecule has 0 aliphatic carbocycles. The summed E-state index contributed by atoms with van der Waals surface area (Å²) >= 11 is 5.62. The van der Waals surface area contributed by atoms with Crippen LogP contribution in [0.1, 0.15) is 0 Å². The molecule has 0 amide bonds. The van der Waals surface area contributed by atoms with Crippen molar-refractivity contribution in [2.45, 2.75) is 0 Å². The zero-order valence-corrected chi connectivity index (χ0v) is 13.6. The van der Waals surface area contributed by atoms with E-state index in [4.69, 9.17) is 0 Å². The van der Waals surface area contributed by atoms with Gasteiger partial charge < -0.3 is 0 Å². The minimum absolute atomic E-state index is 0.926. The Morgan fingerprint density at radius 2 is 1.20 bits per heavy atom. The monoisotopic (exact) mass is 416 g/mol. The fourth-order valence-corrected chi connectivity index (χ4v) is 1.81. The molecule has 3 rings (SSSR count). The van der Waals surface area contributed by atoms with Gasteiger partial charge in [0, 0.05) is 23.8 Å². The predicted molar refractivity (Wildman–Crippen MR) is 85.8 cm³/mol. The number of hydrogen-bond donors (Lipinski definition) is 0. The average molecular weight is 417 g/mol. The maximum Gasteiger partial charge on any atom is 0.0183 e. The van der Waals surface area contributed by atoms with Crippen LogP contribution in [0.15, 0.2) is 67.0 Å². The summed E-state index contributed by atoms with van der Waals surface area (Å²) in [6.45, 7) is 0. The van der Waals surface area contributed by atoms with Crippen LogP contribution in [0.3, 0.4) is 0 Å². The van der Waals surface area contributed by atoms with E-state index in [1.54, 1.807) is 32.9 Å². The third-order valence-electron chi connectivity index (χ3n) is 2.68. The standard InChI is InChI=1S/C16H11N2.HI.Ni/c1-3-10-17-15(8-1)13-6-5-7-14(12-13)16-9-2-4-11-18-16;;/h1-11H;1H;/q-1;;+1/p-1. The Hall–Kier alpha value is -1.26. The third-order valence-corrected chi connectivity index (χ3v) is 2.68. The van der Waals surface area contributed by atoms with E-state index in [0.29, 0.717) is 0 Å². The van der Waals surface area contributed by atoms with Gasteiger partial charge in [0.1, 0.15) is 0 Å². The molecule has 1 aromatic carbocycles. The van der Waals surface area contributed by atoms with Crippen LogP contribution in [0.4, 0.5) is 0 Å². The second-order valence-corrected chi connectivity index (χ2v) is 3.91. The van der Waals surface area contributed by atoms with Crippen LogP contribution in [0.5, 0.6) is 0 Å². The normalized spacial score (nSPS) is 9.55. The van der Waals surface area contributed by atoms with E-state index in [0.717, 1.165) is 22.5 Å². The molecule has 4 heteroatoms. The minimum atomic E-state index is 0.926. The molecule has 2 nitrogen and oxygen atoms in total. The van der Waals surface area contributed by atoms with Gasteiger partial charge in [0.15, 0.2) is 0 Å². The molecular weight excluding hydrogens is 406 g/mol. The van der Waals surface area contributed by atoms with Gasteiger partial charge in [-0.25, -0.2) is 0 Å². The maximum atomic E-state index is 4.33. The van der Waals surface area contributed by atoms with E-state index in [1.165, 1.54) is 0 Å². The summed E-state index contributed by atoms with van der Waals surface area (Å²) in [5.41, 5.74) is 3.82. The second-order valence-electron chi connectivity index (χ2n) is 3.91. The van der Waals surface area contributed by atoms with Crippen molar-refractivity contribution in [3.63, 3.8) is 0 Å². The summed E-state index contributed by atoms with van der Waals surface area (Å²) in [5, 5.41) is 0. The van der Waals surface area contributed by atoms with Crippen molar-refractivity contribution in [1.29, 1.82) is 0 Å². The molecule has 0 atom stereocenters. The van der Waals surface area contributed by atoms with Gasteiger partial charge in [0.2, 0.25) is 0 Å². The van der Waals surface area contributed by atoms with Gasteiger partial charge in [0.25, 0.3) is 0 Å². The first-order valence-corrected chi connectivity index (χ1v) is 9.09. The Morgan fingerprint density at radius 3 is 1.60 bits per heavy atom. The first kappa shape index (κ1) is 15.1. The number of aromatic nitrogens is 2. The van der Waals surface area contributed by atoms with Gasteiger partial charge in [-0.15, -0.1) is 24.3 Å². The van der Waals surface area contributed by atoms with Crippen LogP contribution in [-0.4, -0.2) is 9.97 Å². The predicted octanol–water partition coefficient (Wildman–Crippen LogP) is 4.49. The van der Waals surface area contributed by atoms with E-state index >= 15 is 0 Å². The summed E-state index contributed by atoms with van der Waals surface area (Å²) in [6.07, 6.45) is 3.58. The Labute approximate surface area is 137 Å². The van der Waals surface area contributed by atoms with Crippen LogP contribution in [0, 0.1) is 6.07 Å². The molecule has 3 aromatic rings. The van der Waals surface area contributed by atoms with Crippen LogP contribution >= 0.6 is 20.5 Å². The SMILES string of the molecule is [Ni][I].[c-]1c(-c2ccccn2)cccc1-c1ccccn1. The van der Waals surface area contributed by atoms with E-state index in [2.05, 4.69) is 28.3 Å². The summed E-state index contributed by atoms with van der Waals surface area (Å²) in [5.74, 6) is 0. The van der Waals surface area contributed by atoms with Gasteiger partial charge >= 0.3 is 32.8 Å². The summed E-state index contributed by atoms with van der Waals surface area (Å²) in [6, 6.07) is 21.1. The van der Waals surface area contributed by atoms with Gasteiger partial charge in [-0.1, -0.05) is 35.4 Å². The van der Waals surface area contributed by atoms with Crippen molar-refractivity contribution in [2.75, 3.05) is 0 Å². The van der Waals surface area contributed by atoms with Gasteiger partial charge in [-0.2, -0.15) is 0 Å². The molecule has 0 saturated carbocycles. The molecule has 0 aliphatic rings. The number of hydrogen-bond acceptors (Lipinski definition) is 2. The fraction of sp³-hybridized carbons (Fsp3) is 0. The first-order valence-electron chi connectivity index (χ1n) is 5.90. The van der Waals surface area contributed by atoms with E-state index in [-0.39, 0.29) is 0 Å². The van der Waals surface area contributed by atoms with Crippen LogP contribution in [-0.2, 0) is 12.3 Å². The van der Waals surface area contributed by atoms with E-state index in [9.17, 15) is 0 Å². The first-order chi connectivity index (χ1) is 9.93. The molecule has 0 bridgehead atoms. The second kappa shape index (κ2) is 8.12. The van der Waals surface area contributed by atoms with Gasteiger partial charge in [-0.05, 0) is 12.1 Å². The van der Waals surface area contributed by atoms with Crippen molar-refractivity contribution in [1.82, 2.24) is 9.97 Å². The maximum absolute atomic E-state index is 4.33. The molecule has 2 heterocycles. The molecule has 0 aliphatic heterocycles. The Morgan fingerprint density at radius 1 is 0.700 bits per heavy atom. The quantitative estimate of drug-likeness (QED) is 0.349. The largest absolute Gasteiger partial charge is 0.295 e. The van der Waals surface area contributed by atoms with Gasteiger partial charge in [0.05, 0.1) is 0 Å². The number of benzene rings is 1. The Bertz CT molecular complexity index is 590. The number of rotatable bonds is 2. The molecular formula is C16H11IN2Ni-. The van der Waals surface area contributed by atoms with Crippen molar-refractivity contribution < 1.29 is 12.3 Å². The third kappa shape index (κ3) is 3.87. The Balaban J connectivity index is 0.000000704. The van der Waals surface area contributed by atoms with Crippen molar-refractivity contribution in [2.24, 2.45) is 0 Å². The van der Waals surface area contributed by atoms with Crippen LogP contribution in [0.2, 0.25) is 0 Å². The molecule has 0 unspecified atom stereocenters. The molecule has 0 N–H and O–H groups in total. The molecule has 2 aromatic heterocycles. The number of pyridine rings is 2. The molecule has 0 spiro atoms. The summed E-state index contributed by atoms with van der Waals surface area (Å²) < 4.78 is 0. The summed E-state index contributed by atoms with van der Waals surface area (Å²) in [4.78, 5) is 8.66. The smallest absolute Gasteiger partial charge is 0.0183 e. The van der Waals surface area contributed by atoms with Gasteiger partial charge in [-0.3, -0.25) is 9.97 Å². The van der Waals surface area contributed by atoms with Crippen molar-refractivity contribution in [3.05, 3.63) is 73.1 Å². The molecule has 0 saturated heterocycles. The number of halogens is 1. The van der Waals surface area contributed by atoms with Crippen LogP contribution in [0.25, 0.3) is 22.5 Å². The van der Waals surface area contributed by atoms with Crippen molar-refractivity contribution >= 4 is 20.5 Å². The Kier molecular flexibility index (Phi) is 6.15. The molecule has 0 radical (unpaired) electrons. The molecule has 103 valence electrons. The van der Waals surface area contributed by atoms with E-state index < -0.39 is 0 Å².